The van der Waals surface area contributed by atoms with E-state index in [0.717, 1.165) is 18.8 Å². The van der Waals surface area contributed by atoms with Gasteiger partial charge in [-0.3, -0.25) is 5.32 Å². The van der Waals surface area contributed by atoms with Crippen molar-refractivity contribution in [2.75, 3.05) is 5.32 Å². The summed E-state index contributed by atoms with van der Waals surface area (Å²) in [6, 6.07) is 4.95. The molecule has 1 saturated heterocycles. The fourth-order valence-corrected chi connectivity index (χ4v) is 5.84. The van der Waals surface area contributed by atoms with Gasteiger partial charge in [0, 0.05) is 15.7 Å². The minimum Gasteiger partial charge on any atom is -0.446 e. The Morgan fingerprint density at radius 1 is 1.13 bits per heavy atom. The second-order valence-electron chi connectivity index (χ2n) is 7.24. The van der Waals surface area contributed by atoms with Crippen LogP contribution in [0.25, 0.3) is 0 Å². The van der Waals surface area contributed by atoms with Crippen LogP contribution in [0.4, 0.5) is 10.5 Å². The second-order valence-corrected chi connectivity index (χ2v) is 8.11. The SMILES string of the molecule is O=C(Nc1cc(Cl)cc(Cl)c1)O[C@@H]1C[C@H]2C[C@@H]1[C@H]1C[C@H]3O[C@@H]3[C@H]21. The fourth-order valence-electron chi connectivity index (χ4n) is 5.31. The number of fused-ring (bicyclic) bond motifs is 7. The predicted molar refractivity (Wildman–Crippen MR) is 86.8 cm³/mol. The van der Waals surface area contributed by atoms with E-state index in [4.69, 9.17) is 32.7 Å². The molecule has 4 fully saturated rings. The van der Waals surface area contributed by atoms with Crippen LogP contribution in [-0.2, 0) is 9.47 Å². The summed E-state index contributed by atoms with van der Waals surface area (Å²) in [5.74, 6) is 2.59. The number of rotatable bonds is 2. The van der Waals surface area contributed by atoms with Crippen molar-refractivity contribution in [2.45, 2.75) is 37.6 Å². The molecule has 0 spiro atoms. The third-order valence-electron chi connectivity index (χ3n) is 6.05. The molecule has 1 aromatic rings. The molecular weight excluding hydrogens is 337 g/mol. The fraction of sp³-hybridized carbons (Fsp3) is 0.588. The van der Waals surface area contributed by atoms with Crippen molar-refractivity contribution >= 4 is 35.0 Å². The van der Waals surface area contributed by atoms with Gasteiger partial charge in [0.05, 0.1) is 12.2 Å². The highest BCUT2D eigenvalue weighted by molar-refractivity contribution is 6.35. The van der Waals surface area contributed by atoms with Crippen LogP contribution in [0.3, 0.4) is 0 Å². The zero-order valence-corrected chi connectivity index (χ0v) is 13.9. The number of carbonyl (C=O) groups is 1. The average molecular weight is 354 g/mol. The first kappa shape index (κ1) is 14.4. The Labute approximate surface area is 144 Å². The minimum atomic E-state index is -0.420. The molecule has 1 N–H and O–H groups in total. The first-order valence-corrected chi connectivity index (χ1v) is 8.93. The van der Waals surface area contributed by atoms with Gasteiger partial charge in [-0.2, -0.15) is 0 Å². The Morgan fingerprint density at radius 3 is 2.70 bits per heavy atom. The number of epoxide rings is 1. The van der Waals surface area contributed by atoms with Crippen LogP contribution < -0.4 is 5.32 Å². The average Bonchev–Trinajstić information content (AvgIpc) is 2.82. The summed E-state index contributed by atoms with van der Waals surface area (Å²) in [7, 11) is 0. The van der Waals surface area contributed by atoms with Gasteiger partial charge in [-0.15, -0.1) is 0 Å². The number of nitrogens with one attached hydrogen (secondary N) is 1. The maximum Gasteiger partial charge on any atom is 0.411 e. The molecule has 1 aromatic carbocycles. The standard InChI is InChI=1S/C17H17Cl2NO3/c18-8-3-9(19)5-10(4-8)20-17(21)23-13-2-7-1-11(13)12-6-14-16(22-14)15(7)12/h3-5,7,11-16H,1-2,6H2,(H,20,21)/t7-,11-,12-,13-,14-,15-,16+/m1/s1. The molecule has 3 aliphatic carbocycles. The Bertz CT molecular complexity index is 662. The maximum atomic E-state index is 12.2. The Kier molecular flexibility index (Phi) is 3.13. The van der Waals surface area contributed by atoms with Crippen LogP contribution in [0, 0.1) is 23.7 Å². The molecule has 5 rings (SSSR count). The smallest absolute Gasteiger partial charge is 0.411 e. The molecule has 23 heavy (non-hydrogen) atoms. The van der Waals surface area contributed by atoms with E-state index in [1.807, 2.05) is 0 Å². The van der Waals surface area contributed by atoms with Crippen LogP contribution in [0.5, 0.6) is 0 Å². The van der Waals surface area contributed by atoms with Gasteiger partial charge in [0.1, 0.15) is 6.10 Å². The van der Waals surface area contributed by atoms with Crippen molar-refractivity contribution in [1.82, 2.24) is 0 Å². The molecule has 6 heteroatoms. The lowest BCUT2D eigenvalue weighted by atomic mass is 9.79. The van der Waals surface area contributed by atoms with Crippen molar-refractivity contribution in [1.29, 1.82) is 0 Å². The van der Waals surface area contributed by atoms with Gasteiger partial charge < -0.3 is 9.47 Å². The van der Waals surface area contributed by atoms with Gasteiger partial charge in [-0.05, 0) is 61.1 Å². The molecule has 1 heterocycles. The quantitative estimate of drug-likeness (QED) is 0.803. The maximum absolute atomic E-state index is 12.2. The number of carbonyl (C=O) groups excluding carboxylic acids is 1. The number of halogens is 2. The second kappa shape index (κ2) is 5.01. The zero-order chi connectivity index (χ0) is 15.7. The third-order valence-corrected chi connectivity index (χ3v) is 6.49. The molecular formula is C17H17Cl2NO3. The van der Waals surface area contributed by atoms with Crippen molar-refractivity contribution in [3.63, 3.8) is 0 Å². The molecule has 0 radical (unpaired) electrons. The highest BCUT2D eigenvalue weighted by Crippen LogP contribution is 2.64. The normalized spacial score (nSPS) is 42.3. The van der Waals surface area contributed by atoms with E-state index in [1.165, 1.54) is 6.42 Å². The first-order valence-electron chi connectivity index (χ1n) is 8.17. The Hall–Kier alpha value is -0.970. The topological polar surface area (TPSA) is 50.9 Å². The number of hydrogen-bond donors (Lipinski definition) is 1. The predicted octanol–water partition coefficient (Wildman–Crippen LogP) is 4.35. The molecule has 3 saturated carbocycles. The molecule has 0 aromatic heterocycles. The summed E-state index contributed by atoms with van der Waals surface area (Å²) in [6.45, 7) is 0. The van der Waals surface area contributed by atoms with Crippen LogP contribution in [0.2, 0.25) is 10.0 Å². The zero-order valence-electron chi connectivity index (χ0n) is 12.4. The molecule has 1 aliphatic heterocycles. The molecule has 0 unspecified atom stereocenters. The van der Waals surface area contributed by atoms with Crippen molar-refractivity contribution in [3.8, 4) is 0 Å². The minimum absolute atomic E-state index is 0.0356. The summed E-state index contributed by atoms with van der Waals surface area (Å²) in [5, 5.41) is 3.71. The van der Waals surface area contributed by atoms with E-state index in [1.54, 1.807) is 18.2 Å². The number of hydrogen-bond acceptors (Lipinski definition) is 3. The summed E-state index contributed by atoms with van der Waals surface area (Å²) in [5.41, 5.74) is 0.559. The van der Waals surface area contributed by atoms with Crippen LogP contribution in [-0.4, -0.2) is 24.4 Å². The summed E-state index contributed by atoms with van der Waals surface area (Å²) in [6.07, 6.45) is 3.94. The van der Waals surface area contributed by atoms with Crippen molar-refractivity contribution < 1.29 is 14.3 Å². The van der Waals surface area contributed by atoms with E-state index in [2.05, 4.69) is 5.32 Å². The van der Waals surface area contributed by atoms with E-state index in [0.29, 0.717) is 45.7 Å². The number of ether oxygens (including phenoxy) is 2. The van der Waals surface area contributed by atoms with Gasteiger partial charge in [-0.25, -0.2) is 4.79 Å². The van der Waals surface area contributed by atoms with Gasteiger partial charge >= 0.3 is 6.09 Å². The first-order chi connectivity index (χ1) is 11.1. The summed E-state index contributed by atoms with van der Waals surface area (Å²) < 4.78 is 11.4. The Morgan fingerprint density at radius 2 is 1.91 bits per heavy atom. The van der Waals surface area contributed by atoms with Crippen LogP contribution >= 0.6 is 23.2 Å². The van der Waals surface area contributed by atoms with Crippen molar-refractivity contribution in [3.05, 3.63) is 28.2 Å². The van der Waals surface area contributed by atoms with E-state index in [9.17, 15) is 4.79 Å². The molecule has 2 bridgehead atoms. The van der Waals surface area contributed by atoms with Gasteiger partial charge in [0.25, 0.3) is 0 Å². The number of benzene rings is 1. The summed E-state index contributed by atoms with van der Waals surface area (Å²) in [4.78, 5) is 12.2. The highest BCUT2D eigenvalue weighted by Gasteiger charge is 2.67. The van der Waals surface area contributed by atoms with Crippen LogP contribution in [0.1, 0.15) is 19.3 Å². The van der Waals surface area contributed by atoms with Crippen LogP contribution in [0.15, 0.2) is 18.2 Å². The van der Waals surface area contributed by atoms with E-state index < -0.39 is 6.09 Å². The molecule has 4 nitrogen and oxygen atoms in total. The van der Waals surface area contributed by atoms with Gasteiger partial charge in [0.15, 0.2) is 0 Å². The lowest BCUT2D eigenvalue weighted by Gasteiger charge is -2.32. The lowest BCUT2D eigenvalue weighted by molar-refractivity contribution is 0.0251. The number of amides is 1. The lowest BCUT2D eigenvalue weighted by Crippen LogP contribution is -2.35. The van der Waals surface area contributed by atoms with Crippen molar-refractivity contribution in [2.24, 2.45) is 23.7 Å². The van der Waals surface area contributed by atoms with E-state index >= 15 is 0 Å². The van der Waals surface area contributed by atoms with Gasteiger partial charge in [0.2, 0.25) is 0 Å². The molecule has 7 atom stereocenters. The largest absolute Gasteiger partial charge is 0.446 e. The summed E-state index contributed by atoms with van der Waals surface area (Å²) >= 11 is 11.9. The van der Waals surface area contributed by atoms with E-state index in [-0.39, 0.29) is 6.10 Å². The molecule has 122 valence electrons. The van der Waals surface area contributed by atoms with Gasteiger partial charge in [-0.1, -0.05) is 23.2 Å². The third kappa shape index (κ3) is 2.34. The Balaban J connectivity index is 1.24. The highest BCUT2D eigenvalue weighted by atomic mass is 35.5. The molecule has 4 aliphatic rings. The molecule has 1 amide bonds. The number of anilines is 1. The monoisotopic (exact) mass is 353 g/mol.